The van der Waals surface area contributed by atoms with Crippen LogP contribution in [0.2, 0.25) is 0 Å². The van der Waals surface area contributed by atoms with Gasteiger partial charge in [0.1, 0.15) is 11.5 Å². The molecule has 7 nitrogen and oxygen atoms in total. The molecule has 2 aliphatic carbocycles. The van der Waals surface area contributed by atoms with Crippen LogP contribution < -0.4 is 14.8 Å². The highest BCUT2D eigenvalue weighted by atomic mass is 16.5. The number of aliphatic carboxylic acids is 1. The van der Waals surface area contributed by atoms with E-state index in [1.165, 1.54) is 12.8 Å². The van der Waals surface area contributed by atoms with Crippen molar-refractivity contribution in [2.45, 2.75) is 77.9 Å². The minimum atomic E-state index is -0.890. The molecular weight excluding hydrogens is 470 g/mol. The van der Waals surface area contributed by atoms with Crippen LogP contribution >= 0.6 is 0 Å². The number of methoxy groups -OCH3 is 1. The van der Waals surface area contributed by atoms with Crippen LogP contribution in [0.3, 0.4) is 0 Å². The lowest BCUT2D eigenvalue weighted by Crippen LogP contribution is -2.36. The van der Waals surface area contributed by atoms with Gasteiger partial charge >= 0.3 is 5.97 Å². The standard InChI is InChI=1S/C30H39NO6/c1-4-36-28-17-20(16-27(35-3)19(28)2)24-14-13-22(15-21(24)18-37-23-9-5-6-10-23)31-29(32)25-11-7-8-12-26(25)30(33)34/h13-17,23,25-26H,4-12,18H2,1-3H3,(H,31,32)(H,33,34)/t25-,26+/m0/s1. The van der Waals surface area contributed by atoms with Crippen molar-refractivity contribution in [3.8, 4) is 22.6 Å². The number of rotatable bonds is 10. The zero-order chi connectivity index (χ0) is 26.4. The fourth-order valence-corrected chi connectivity index (χ4v) is 5.65. The van der Waals surface area contributed by atoms with Crippen molar-refractivity contribution in [1.29, 1.82) is 0 Å². The summed E-state index contributed by atoms with van der Waals surface area (Å²) in [4.78, 5) is 24.8. The van der Waals surface area contributed by atoms with Crippen molar-refractivity contribution >= 4 is 17.6 Å². The molecule has 0 radical (unpaired) electrons. The molecule has 2 saturated carbocycles. The lowest BCUT2D eigenvalue weighted by atomic mass is 9.78. The molecular formula is C30H39NO6. The maximum absolute atomic E-state index is 13.1. The van der Waals surface area contributed by atoms with E-state index in [0.717, 1.165) is 59.4 Å². The number of carboxylic acid groups (broad SMARTS) is 1. The van der Waals surface area contributed by atoms with Gasteiger partial charge in [-0.3, -0.25) is 9.59 Å². The molecule has 2 atom stereocenters. The van der Waals surface area contributed by atoms with Crippen LogP contribution in [0.25, 0.3) is 11.1 Å². The van der Waals surface area contributed by atoms with E-state index in [4.69, 9.17) is 14.2 Å². The third kappa shape index (κ3) is 6.45. The number of ether oxygens (including phenoxy) is 3. The molecule has 2 aliphatic rings. The largest absolute Gasteiger partial charge is 0.496 e. The van der Waals surface area contributed by atoms with Crippen molar-refractivity contribution in [3.63, 3.8) is 0 Å². The highest BCUT2D eigenvalue weighted by Crippen LogP contribution is 2.38. The molecule has 0 saturated heterocycles. The minimum Gasteiger partial charge on any atom is -0.496 e. The number of hydrogen-bond donors (Lipinski definition) is 2. The van der Waals surface area contributed by atoms with Gasteiger partial charge in [-0.1, -0.05) is 31.7 Å². The first-order valence-corrected chi connectivity index (χ1v) is 13.5. The van der Waals surface area contributed by atoms with E-state index >= 15 is 0 Å². The van der Waals surface area contributed by atoms with Crippen molar-refractivity contribution in [2.75, 3.05) is 19.0 Å². The average molecular weight is 510 g/mol. The Morgan fingerprint density at radius 1 is 0.973 bits per heavy atom. The predicted octanol–water partition coefficient (Wildman–Crippen LogP) is 6.36. The van der Waals surface area contributed by atoms with E-state index in [2.05, 4.69) is 5.32 Å². The van der Waals surface area contributed by atoms with Crippen molar-refractivity contribution < 1.29 is 28.9 Å². The monoisotopic (exact) mass is 509 g/mol. The molecule has 2 fully saturated rings. The van der Waals surface area contributed by atoms with Gasteiger partial charge in [0.15, 0.2) is 0 Å². The molecule has 2 aromatic carbocycles. The van der Waals surface area contributed by atoms with E-state index in [0.29, 0.717) is 31.7 Å². The number of hydrogen-bond acceptors (Lipinski definition) is 5. The second-order valence-electron chi connectivity index (χ2n) is 10.1. The number of anilines is 1. The molecule has 0 spiro atoms. The number of carboxylic acids is 1. The molecule has 37 heavy (non-hydrogen) atoms. The minimum absolute atomic E-state index is 0.224. The maximum Gasteiger partial charge on any atom is 0.307 e. The SMILES string of the molecule is CCOc1cc(-c2ccc(NC(=O)[C@H]3CCCC[C@H]3C(=O)O)cc2COC2CCCC2)cc(OC)c1C. The second-order valence-corrected chi connectivity index (χ2v) is 10.1. The first kappa shape index (κ1) is 27.0. The number of amides is 1. The summed E-state index contributed by atoms with van der Waals surface area (Å²) < 4.78 is 17.8. The molecule has 7 heteroatoms. The van der Waals surface area contributed by atoms with Crippen LogP contribution in [0, 0.1) is 18.8 Å². The molecule has 2 N–H and O–H groups in total. The normalized spacial score (nSPS) is 20.0. The smallest absolute Gasteiger partial charge is 0.307 e. The van der Waals surface area contributed by atoms with E-state index in [9.17, 15) is 14.7 Å². The average Bonchev–Trinajstić information content (AvgIpc) is 3.42. The van der Waals surface area contributed by atoms with Gasteiger partial charge in [-0.2, -0.15) is 0 Å². The Morgan fingerprint density at radius 2 is 1.65 bits per heavy atom. The maximum atomic E-state index is 13.1. The molecule has 200 valence electrons. The van der Waals surface area contributed by atoms with E-state index < -0.39 is 17.8 Å². The molecule has 4 rings (SSSR count). The first-order chi connectivity index (χ1) is 17.9. The topological polar surface area (TPSA) is 94.1 Å². The summed E-state index contributed by atoms with van der Waals surface area (Å²) in [6, 6.07) is 9.83. The highest BCUT2D eigenvalue weighted by molar-refractivity contribution is 5.95. The van der Waals surface area contributed by atoms with Gasteiger partial charge < -0.3 is 24.6 Å². The molecule has 1 amide bonds. The van der Waals surface area contributed by atoms with Crippen LogP contribution in [-0.2, 0) is 20.9 Å². The Balaban J connectivity index is 1.64. The van der Waals surface area contributed by atoms with Gasteiger partial charge in [0.05, 0.1) is 38.3 Å². The quantitative estimate of drug-likeness (QED) is 0.387. The summed E-state index contributed by atoms with van der Waals surface area (Å²) in [5.74, 6) is -0.737. The summed E-state index contributed by atoms with van der Waals surface area (Å²) in [5.41, 5.74) is 4.48. The van der Waals surface area contributed by atoms with Crippen LogP contribution in [-0.4, -0.2) is 36.8 Å². The third-order valence-electron chi connectivity index (χ3n) is 7.71. The summed E-state index contributed by atoms with van der Waals surface area (Å²) in [6.07, 6.45) is 7.62. The second kappa shape index (κ2) is 12.5. The van der Waals surface area contributed by atoms with Crippen molar-refractivity contribution in [2.24, 2.45) is 11.8 Å². The number of carbonyl (C=O) groups excluding carboxylic acids is 1. The summed E-state index contributed by atoms with van der Waals surface area (Å²) >= 11 is 0. The Kier molecular flexibility index (Phi) is 9.09. The van der Waals surface area contributed by atoms with Gasteiger partial charge in [-0.05, 0) is 80.5 Å². The van der Waals surface area contributed by atoms with Gasteiger partial charge in [0.2, 0.25) is 5.91 Å². The summed E-state index contributed by atoms with van der Waals surface area (Å²) in [7, 11) is 1.65. The van der Waals surface area contributed by atoms with E-state index in [-0.39, 0.29) is 12.0 Å². The molecule has 0 heterocycles. The molecule has 0 unspecified atom stereocenters. The molecule has 2 aromatic rings. The Morgan fingerprint density at radius 3 is 2.32 bits per heavy atom. The molecule has 0 bridgehead atoms. The fourth-order valence-electron chi connectivity index (χ4n) is 5.65. The summed E-state index contributed by atoms with van der Waals surface area (Å²) in [5, 5.41) is 12.6. The molecule has 0 aromatic heterocycles. The molecule has 0 aliphatic heterocycles. The van der Waals surface area contributed by atoms with Crippen LogP contribution in [0.1, 0.15) is 69.4 Å². The zero-order valence-corrected chi connectivity index (χ0v) is 22.2. The van der Waals surface area contributed by atoms with E-state index in [1.807, 2.05) is 44.2 Å². The highest BCUT2D eigenvalue weighted by Gasteiger charge is 2.35. The van der Waals surface area contributed by atoms with Gasteiger partial charge in [0, 0.05) is 11.3 Å². The van der Waals surface area contributed by atoms with Crippen LogP contribution in [0.4, 0.5) is 5.69 Å². The zero-order valence-electron chi connectivity index (χ0n) is 22.2. The first-order valence-electron chi connectivity index (χ1n) is 13.5. The Bertz CT molecular complexity index is 1110. The van der Waals surface area contributed by atoms with Gasteiger partial charge in [0.25, 0.3) is 0 Å². The number of carbonyl (C=O) groups is 2. The van der Waals surface area contributed by atoms with Gasteiger partial charge in [-0.15, -0.1) is 0 Å². The van der Waals surface area contributed by atoms with Gasteiger partial charge in [-0.25, -0.2) is 0 Å². The third-order valence-corrected chi connectivity index (χ3v) is 7.71. The van der Waals surface area contributed by atoms with Crippen molar-refractivity contribution in [3.05, 3.63) is 41.5 Å². The lowest BCUT2D eigenvalue weighted by Gasteiger charge is -2.27. The Hall–Kier alpha value is -3.06. The fraction of sp³-hybridized carbons (Fsp3) is 0.533. The predicted molar refractivity (Wildman–Crippen MR) is 143 cm³/mol. The van der Waals surface area contributed by atoms with Crippen LogP contribution in [0.5, 0.6) is 11.5 Å². The Labute approximate surface area is 219 Å². The summed E-state index contributed by atoms with van der Waals surface area (Å²) in [6.45, 7) is 4.91. The lowest BCUT2D eigenvalue weighted by molar-refractivity contribution is -0.147. The van der Waals surface area contributed by atoms with Crippen LogP contribution in [0.15, 0.2) is 30.3 Å². The van der Waals surface area contributed by atoms with Crippen molar-refractivity contribution in [1.82, 2.24) is 0 Å². The number of benzene rings is 2. The number of nitrogens with one attached hydrogen (secondary N) is 1. The van der Waals surface area contributed by atoms with E-state index in [1.54, 1.807) is 7.11 Å².